The van der Waals surface area contributed by atoms with E-state index in [1.165, 1.54) is 26.4 Å². The zero-order valence-corrected chi connectivity index (χ0v) is 14.5. The van der Waals surface area contributed by atoms with Gasteiger partial charge < -0.3 is 14.6 Å². The summed E-state index contributed by atoms with van der Waals surface area (Å²) >= 11 is 0.638. The Morgan fingerprint density at radius 1 is 0.960 bits per heavy atom. The summed E-state index contributed by atoms with van der Waals surface area (Å²) in [4.78, 5) is 35.6. The van der Waals surface area contributed by atoms with Gasteiger partial charge in [0.2, 0.25) is 5.12 Å². The minimum Gasteiger partial charge on any atom is -0.496 e. The van der Waals surface area contributed by atoms with E-state index >= 15 is 0 Å². The van der Waals surface area contributed by atoms with Crippen molar-refractivity contribution in [1.82, 2.24) is 0 Å². The topological polar surface area (TPSA) is 89.9 Å². The van der Waals surface area contributed by atoms with Crippen LogP contribution in [0.3, 0.4) is 0 Å². The number of benzene rings is 2. The predicted octanol–water partition coefficient (Wildman–Crippen LogP) is 2.89. The molecule has 0 aliphatic rings. The fourth-order valence-electron chi connectivity index (χ4n) is 2.18. The minimum absolute atomic E-state index is 0.148. The Kier molecular flexibility index (Phi) is 6.19. The highest BCUT2D eigenvalue weighted by atomic mass is 32.2. The van der Waals surface area contributed by atoms with E-state index in [2.05, 4.69) is 0 Å². The van der Waals surface area contributed by atoms with Gasteiger partial charge in [0.25, 0.3) is 0 Å². The number of carboxylic acid groups (broad SMARTS) is 1. The van der Waals surface area contributed by atoms with Gasteiger partial charge in [-0.3, -0.25) is 14.4 Å². The van der Waals surface area contributed by atoms with Crippen molar-refractivity contribution in [3.05, 3.63) is 59.2 Å². The van der Waals surface area contributed by atoms with Gasteiger partial charge in [-0.2, -0.15) is 0 Å². The second kappa shape index (κ2) is 8.34. The first-order valence-corrected chi connectivity index (χ1v) is 8.21. The average molecular weight is 360 g/mol. The molecule has 2 aromatic carbocycles. The van der Waals surface area contributed by atoms with E-state index in [1.807, 2.05) is 0 Å². The van der Waals surface area contributed by atoms with Crippen molar-refractivity contribution in [2.45, 2.75) is 0 Å². The summed E-state index contributed by atoms with van der Waals surface area (Å²) in [5.74, 6) is -1.33. The number of carboxylic acids is 1. The molecule has 2 aromatic rings. The van der Waals surface area contributed by atoms with E-state index < -0.39 is 11.1 Å². The van der Waals surface area contributed by atoms with Crippen molar-refractivity contribution in [2.24, 2.45) is 0 Å². The van der Waals surface area contributed by atoms with Crippen LogP contribution in [0, 0.1) is 0 Å². The number of rotatable bonds is 7. The number of carbonyl (C=O) groups is 3. The Morgan fingerprint density at radius 3 is 2.08 bits per heavy atom. The molecule has 0 aliphatic carbocycles. The molecule has 0 heterocycles. The van der Waals surface area contributed by atoms with Crippen LogP contribution in [0.1, 0.15) is 26.3 Å². The van der Waals surface area contributed by atoms with E-state index in [1.54, 1.807) is 30.3 Å². The molecule has 0 unspecified atom stereocenters. The van der Waals surface area contributed by atoms with Crippen molar-refractivity contribution in [1.29, 1.82) is 0 Å². The second-order valence-electron chi connectivity index (χ2n) is 4.92. The summed E-state index contributed by atoms with van der Waals surface area (Å²) in [6.45, 7) is 0. The van der Waals surface area contributed by atoms with E-state index in [0.29, 0.717) is 17.3 Å². The molecule has 0 saturated carbocycles. The molecular weight excluding hydrogens is 344 g/mol. The molecule has 2 rings (SSSR count). The maximum atomic E-state index is 12.7. The predicted molar refractivity (Wildman–Crippen MR) is 93.8 cm³/mol. The molecule has 0 radical (unpaired) electrons. The first-order chi connectivity index (χ1) is 12.0. The van der Waals surface area contributed by atoms with E-state index in [-0.39, 0.29) is 34.2 Å². The van der Waals surface area contributed by atoms with E-state index in [0.717, 1.165) is 0 Å². The molecule has 0 aromatic heterocycles. The van der Waals surface area contributed by atoms with E-state index in [4.69, 9.17) is 14.6 Å². The molecule has 0 aliphatic heterocycles. The van der Waals surface area contributed by atoms with Gasteiger partial charge in [-0.15, -0.1) is 0 Å². The number of aliphatic carboxylic acids is 1. The summed E-state index contributed by atoms with van der Waals surface area (Å²) < 4.78 is 10.5. The first kappa shape index (κ1) is 18.5. The molecule has 7 heteroatoms. The van der Waals surface area contributed by atoms with Gasteiger partial charge >= 0.3 is 5.97 Å². The van der Waals surface area contributed by atoms with Gasteiger partial charge in [0, 0.05) is 5.56 Å². The first-order valence-electron chi connectivity index (χ1n) is 7.22. The molecule has 0 amide bonds. The minimum atomic E-state index is -1.10. The lowest BCUT2D eigenvalue weighted by atomic mass is 10.0. The summed E-state index contributed by atoms with van der Waals surface area (Å²) in [7, 11) is 2.76. The number of thioether (sulfide) groups is 1. The van der Waals surface area contributed by atoms with Gasteiger partial charge in [0.15, 0.2) is 5.78 Å². The SMILES string of the molecule is COc1cc(C(=O)c2ccccc2)c(OC)cc1C(=O)SCC(=O)O. The second-order valence-corrected chi connectivity index (χ2v) is 5.87. The van der Waals surface area contributed by atoms with Crippen LogP contribution in [0.15, 0.2) is 42.5 Å². The van der Waals surface area contributed by atoms with Crippen LogP contribution in [-0.2, 0) is 4.79 Å². The number of hydrogen-bond acceptors (Lipinski definition) is 6. The normalized spacial score (nSPS) is 10.2. The highest BCUT2D eigenvalue weighted by Gasteiger charge is 2.22. The Hall–Kier alpha value is -2.80. The van der Waals surface area contributed by atoms with Gasteiger partial charge in [-0.05, 0) is 12.1 Å². The fourth-order valence-corrected chi connectivity index (χ4v) is 2.75. The summed E-state index contributed by atoms with van der Waals surface area (Å²) in [5, 5.41) is 8.23. The third-order valence-electron chi connectivity index (χ3n) is 3.35. The molecule has 1 N–H and O–H groups in total. The van der Waals surface area contributed by atoms with Crippen molar-refractivity contribution in [2.75, 3.05) is 20.0 Å². The molecule has 0 atom stereocenters. The average Bonchev–Trinajstić information content (AvgIpc) is 2.64. The number of hydrogen-bond donors (Lipinski definition) is 1. The maximum Gasteiger partial charge on any atom is 0.313 e. The van der Waals surface area contributed by atoms with Crippen molar-refractivity contribution in [3.8, 4) is 11.5 Å². The van der Waals surface area contributed by atoms with Crippen LogP contribution in [-0.4, -0.2) is 41.9 Å². The van der Waals surface area contributed by atoms with Crippen molar-refractivity contribution < 1.29 is 29.0 Å². The largest absolute Gasteiger partial charge is 0.496 e. The smallest absolute Gasteiger partial charge is 0.313 e. The molecule has 0 spiro atoms. The summed E-state index contributed by atoms with van der Waals surface area (Å²) in [6, 6.07) is 11.5. The Morgan fingerprint density at radius 2 is 1.52 bits per heavy atom. The third-order valence-corrected chi connectivity index (χ3v) is 4.22. The summed E-state index contributed by atoms with van der Waals surface area (Å²) in [5.41, 5.74) is 0.878. The van der Waals surface area contributed by atoms with Gasteiger partial charge in [0.1, 0.15) is 11.5 Å². The number of ether oxygens (including phenoxy) is 2. The van der Waals surface area contributed by atoms with E-state index in [9.17, 15) is 14.4 Å². The monoisotopic (exact) mass is 360 g/mol. The van der Waals surface area contributed by atoms with Crippen LogP contribution in [0.5, 0.6) is 11.5 Å². The van der Waals surface area contributed by atoms with Gasteiger partial charge in [-0.1, -0.05) is 42.1 Å². The van der Waals surface area contributed by atoms with Gasteiger partial charge in [0.05, 0.1) is 31.1 Å². The number of ketones is 1. The van der Waals surface area contributed by atoms with Crippen LogP contribution >= 0.6 is 11.8 Å². The lowest BCUT2D eigenvalue weighted by molar-refractivity contribution is -0.133. The quantitative estimate of drug-likeness (QED) is 0.759. The number of carbonyl (C=O) groups excluding carboxylic acids is 2. The lowest BCUT2D eigenvalue weighted by Gasteiger charge is -2.13. The third kappa shape index (κ3) is 4.39. The van der Waals surface area contributed by atoms with Crippen LogP contribution in [0.4, 0.5) is 0 Å². The van der Waals surface area contributed by atoms with Crippen LogP contribution in [0.25, 0.3) is 0 Å². The maximum absolute atomic E-state index is 12.7. The van der Waals surface area contributed by atoms with Crippen molar-refractivity contribution in [3.63, 3.8) is 0 Å². The summed E-state index contributed by atoms with van der Waals surface area (Å²) in [6.07, 6.45) is 0. The zero-order chi connectivity index (χ0) is 18.4. The van der Waals surface area contributed by atoms with Crippen LogP contribution in [0.2, 0.25) is 0 Å². The highest BCUT2D eigenvalue weighted by molar-refractivity contribution is 8.14. The molecule has 6 nitrogen and oxygen atoms in total. The molecule has 25 heavy (non-hydrogen) atoms. The highest BCUT2D eigenvalue weighted by Crippen LogP contribution is 2.32. The molecule has 0 fully saturated rings. The van der Waals surface area contributed by atoms with Gasteiger partial charge in [-0.25, -0.2) is 0 Å². The Labute approximate surface area is 148 Å². The van der Waals surface area contributed by atoms with Crippen LogP contribution < -0.4 is 9.47 Å². The van der Waals surface area contributed by atoms with Crippen molar-refractivity contribution >= 4 is 28.6 Å². The molecular formula is C18H16O6S. The number of methoxy groups -OCH3 is 2. The molecule has 0 saturated heterocycles. The lowest BCUT2D eigenvalue weighted by Crippen LogP contribution is -2.09. The fraction of sp³-hybridized carbons (Fsp3) is 0.167. The molecule has 0 bridgehead atoms. The Bertz CT molecular complexity index is 801. The standard InChI is InChI=1S/C18H16O6S/c1-23-14-9-13(18(22)25-10-16(19)20)15(24-2)8-12(14)17(21)11-6-4-3-5-7-11/h3-9H,10H2,1-2H3,(H,19,20). The Balaban J connectivity index is 2.45. The zero-order valence-electron chi connectivity index (χ0n) is 13.6. The molecule has 130 valence electrons.